The standard InChI is InChI=1S/C30H39N4OS/c1-20-13-24-28(31-25-5-3-4-6-26(25)32-29(24)36-20)33-8-11-34(2,12-9-33)10-7-27(35)30-17-21-14-22(18-30)16-23(15-21)19-30/h3-6,13,21-23,32H,7-12,14-19H2,1-2H3/q+1. The summed E-state index contributed by atoms with van der Waals surface area (Å²) in [5.74, 6) is 4.25. The summed E-state index contributed by atoms with van der Waals surface area (Å²) in [7, 11) is 2.37. The number of carbonyl (C=O) groups is 1. The molecule has 1 N–H and O–H groups in total. The summed E-state index contributed by atoms with van der Waals surface area (Å²) in [6.07, 6.45) is 8.60. The number of carbonyl (C=O) groups excluding carboxylic acids is 1. The molecule has 4 saturated carbocycles. The average molecular weight is 504 g/mol. The molecule has 3 heterocycles. The van der Waals surface area contributed by atoms with E-state index >= 15 is 0 Å². The van der Waals surface area contributed by atoms with Gasteiger partial charge in [-0.1, -0.05) is 12.1 Å². The summed E-state index contributed by atoms with van der Waals surface area (Å²) in [6.45, 7) is 7.28. The molecule has 1 aromatic heterocycles. The highest BCUT2D eigenvalue weighted by molar-refractivity contribution is 7.16. The number of hydrogen-bond donors (Lipinski definition) is 1. The van der Waals surface area contributed by atoms with Crippen molar-refractivity contribution in [2.75, 3.05) is 45.1 Å². The van der Waals surface area contributed by atoms with Crippen LogP contribution in [0.4, 0.5) is 16.4 Å². The second-order valence-corrected chi connectivity index (χ2v) is 14.1. The lowest BCUT2D eigenvalue weighted by Crippen LogP contribution is -2.59. The monoisotopic (exact) mass is 503 g/mol. The van der Waals surface area contributed by atoms with E-state index in [-0.39, 0.29) is 5.41 Å². The van der Waals surface area contributed by atoms with E-state index in [9.17, 15) is 4.79 Å². The zero-order valence-corrected chi connectivity index (χ0v) is 22.6. The number of aryl methyl sites for hydroxylation is 1. The third kappa shape index (κ3) is 3.92. The normalized spacial score (nSPS) is 31.8. The van der Waals surface area contributed by atoms with Crippen molar-refractivity contribution in [3.8, 4) is 0 Å². The van der Waals surface area contributed by atoms with Crippen molar-refractivity contribution in [1.29, 1.82) is 0 Å². The van der Waals surface area contributed by atoms with E-state index in [4.69, 9.17) is 4.99 Å². The van der Waals surface area contributed by atoms with Crippen molar-refractivity contribution in [3.05, 3.63) is 40.8 Å². The summed E-state index contributed by atoms with van der Waals surface area (Å²) < 4.78 is 1.01. The summed E-state index contributed by atoms with van der Waals surface area (Å²) in [6, 6.07) is 10.6. The topological polar surface area (TPSA) is 44.7 Å². The van der Waals surface area contributed by atoms with Crippen LogP contribution in [0.5, 0.6) is 0 Å². The minimum Gasteiger partial charge on any atom is -0.345 e. The number of fused-ring (bicyclic) bond motifs is 2. The Labute approximate surface area is 219 Å². The van der Waals surface area contributed by atoms with Crippen LogP contribution in [-0.4, -0.2) is 60.8 Å². The van der Waals surface area contributed by atoms with Gasteiger partial charge in [-0.3, -0.25) is 4.79 Å². The first-order valence-corrected chi connectivity index (χ1v) is 14.9. The first kappa shape index (κ1) is 23.0. The van der Waals surface area contributed by atoms with Crippen LogP contribution in [0.2, 0.25) is 0 Å². The molecule has 0 atom stereocenters. The maximum Gasteiger partial charge on any atom is 0.144 e. The molecule has 0 spiro atoms. The summed E-state index contributed by atoms with van der Waals surface area (Å²) in [4.78, 5) is 22.6. The number of ketones is 1. The van der Waals surface area contributed by atoms with Crippen LogP contribution in [0.15, 0.2) is 35.3 Å². The van der Waals surface area contributed by atoms with Crippen LogP contribution < -0.4 is 5.32 Å². The van der Waals surface area contributed by atoms with Gasteiger partial charge in [-0.05, 0) is 81.4 Å². The molecule has 0 radical (unpaired) electrons. The molecule has 4 aliphatic carbocycles. The number of hydrogen-bond acceptors (Lipinski definition) is 5. The number of benzene rings is 1. The molecule has 5 fully saturated rings. The summed E-state index contributed by atoms with van der Waals surface area (Å²) >= 11 is 1.81. The minimum atomic E-state index is 0.0540. The van der Waals surface area contributed by atoms with Gasteiger partial charge in [0.1, 0.15) is 16.6 Å². The fraction of sp³-hybridized carbons (Fsp3) is 0.600. The zero-order chi connectivity index (χ0) is 24.5. The number of para-hydroxylation sites is 2. The van der Waals surface area contributed by atoms with Crippen LogP contribution in [0.3, 0.4) is 0 Å². The van der Waals surface area contributed by atoms with Crippen molar-refractivity contribution >= 4 is 39.3 Å². The quantitative estimate of drug-likeness (QED) is 0.511. The molecule has 5 nitrogen and oxygen atoms in total. The number of rotatable bonds is 4. The second-order valence-electron chi connectivity index (χ2n) is 12.8. The number of nitrogens with zero attached hydrogens (tertiary/aromatic N) is 3. The lowest BCUT2D eigenvalue weighted by molar-refractivity contribution is -0.912. The van der Waals surface area contributed by atoms with Gasteiger partial charge in [-0.2, -0.15) is 0 Å². The fourth-order valence-corrected chi connectivity index (χ4v) is 9.38. The largest absolute Gasteiger partial charge is 0.345 e. The van der Waals surface area contributed by atoms with E-state index in [1.807, 2.05) is 11.3 Å². The number of thiophene rings is 1. The molecule has 0 unspecified atom stereocenters. The first-order valence-electron chi connectivity index (χ1n) is 14.1. The third-order valence-electron chi connectivity index (χ3n) is 10.1. The Kier molecular flexibility index (Phi) is 5.37. The number of aliphatic imine (C=N–C) groups is 1. The van der Waals surface area contributed by atoms with E-state index in [1.54, 1.807) is 0 Å². The predicted octanol–water partition coefficient (Wildman–Crippen LogP) is 6.13. The van der Waals surface area contributed by atoms with Gasteiger partial charge in [-0.25, -0.2) is 4.99 Å². The molecule has 6 heteroatoms. The van der Waals surface area contributed by atoms with Crippen molar-refractivity contribution in [2.24, 2.45) is 28.2 Å². The van der Waals surface area contributed by atoms with Crippen molar-refractivity contribution in [2.45, 2.75) is 51.9 Å². The fourth-order valence-electron chi connectivity index (χ4n) is 8.46. The van der Waals surface area contributed by atoms with E-state index in [0.717, 1.165) is 78.6 Å². The molecule has 1 aromatic carbocycles. The second kappa shape index (κ2) is 8.42. The third-order valence-corrected chi connectivity index (χ3v) is 11.1. The Hall–Kier alpha value is -2.18. The van der Waals surface area contributed by atoms with Crippen molar-refractivity contribution in [3.63, 3.8) is 0 Å². The van der Waals surface area contributed by atoms with Crippen LogP contribution in [-0.2, 0) is 4.79 Å². The van der Waals surface area contributed by atoms with Gasteiger partial charge in [0.05, 0.1) is 63.1 Å². The van der Waals surface area contributed by atoms with Gasteiger partial charge in [0.2, 0.25) is 0 Å². The van der Waals surface area contributed by atoms with E-state index < -0.39 is 0 Å². The van der Waals surface area contributed by atoms with E-state index in [1.165, 1.54) is 54.0 Å². The molecule has 6 aliphatic rings. The molecule has 4 bridgehead atoms. The Balaban J connectivity index is 1.04. The molecular formula is C30H39N4OS+. The first-order chi connectivity index (χ1) is 17.4. The Morgan fingerprint density at radius 1 is 1.11 bits per heavy atom. The number of anilines is 2. The average Bonchev–Trinajstić information content (AvgIpc) is 3.14. The van der Waals surface area contributed by atoms with Gasteiger partial charge in [-0.15, -0.1) is 11.3 Å². The minimum absolute atomic E-state index is 0.0540. The number of quaternary nitrogens is 1. The van der Waals surface area contributed by atoms with Crippen LogP contribution in [0.1, 0.15) is 55.4 Å². The molecule has 190 valence electrons. The van der Waals surface area contributed by atoms with Crippen molar-refractivity contribution in [1.82, 2.24) is 4.90 Å². The molecule has 36 heavy (non-hydrogen) atoms. The van der Waals surface area contributed by atoms with Crippen molar-refractivity contribution < 1.29 is 9.28 Å². The Bertz CT molecular complexity index is 1190. The maximum atomic E-state index is 13.6. The molecule has 2 aliphatic heterocycles. The van der Waals surface area contributed by atoms with Gasteiger partial charge < -0.3 is 14.7 Å². The maximum absolute atomic E-state index is 13.6. The lowest BCUT2D eigenvalue weighted by Gasteiger charge is -2.56. The van der Waals surface area contributed by atoms with Gasteiger partial charge in [0, 0.05) is 10.3 Å². The number of amidine groups is 1. The lowest BCUT2D eigenvalue weighted by atomic mass is 9.48. The van der Waals surface area contributed by atoms with Gasteiger partial charge in [0.25, 0.3) is 0 Å². The highest BCUT2D eigenvalue weighted by Crippen LogP contribution is 2.60. The smallest absolute Gasteiger partial charge is 0.144 e. The number of nitrogens with one attached hydrogen (secondary N) is 1. The Morgan fingerprint density at radius 3 is 2.47 bits per heavy atom. The zero-order valence-electron chi connectivity index (χ0n) is 21.8. The number of piperazine rings is 1. The van der Waals surface area contributed by atoms with Gasteiger partial charge >= 0.3 is 0 Å². The molecule has 0 amide bonds. The number of Topliss-reactive ketones (excluding diaryl/α,β-unsaturated/α-hetero) is 1. The van der Waals surface area contributed by atoms with Gasteiger partial charge in [0.15, 0.2) is 0 Å². The number of likely N-dealkylation sites (N-methyl/N-ethyl adjacent to an activating group) is 1. The summed E-state index contributed by atoms with van der Waals surface area (Å²) in [5, 5.41) is 4.83. The summed E-state index contributed by atoms with van der Waals surface area (Å²) in [5.41, 5.74) is 3.37. The highest BCUT2D eigenvalue weighted by atomic mass is 32.1. The predicted molar refractivity (Wildman–Crippen MR) is 148 cm³/mol. The Morgan fingerprint density at radius 2 is 1.78 bits per heavy atom. The molecule has 2 aromatic rings. The molecule has 8 rings (SSSR count). The SMILES string of the molecule is Cc1cc2c(s1)Nc1ccccc1N=C2N1CC[N+](C)(CCC(=O)C23CC4CC(CC(C4)C2)C3)CC1. The van der Waals surface area contributed by atoms with Crippen LogP contribution in [0.25, 0.3) is 0 Å². The van der Waals surface area contributed by atoms with E-state index in [0.29, 0.717) is 5.78 Å². The molecular weight excluding hydrogens is 464 g/mol. The van der Waals surface area contributed by atoms with Crippen LogP contribution >= 0.6 is 11.3 Å². The highest BCUT2D eigenvalue weighted by Gasteiger charge is 2.54. The van der Waals surface area contributed by atoms with E-state index in [2.05, 4.69) is 54.5 Å². The van der Waals surface area contributed by atoms with Crippen LogP contribution in [0, 0.1) is 30.1 Å². The molecule has 1 saturated heterocycles.